The van der Waals surface area contributed by atoms with Crippen LogP contribution in [-0.4, -0.2) is 25.1 Å². The number of nitrogens with zero attached hydrogens (tertiary/aromatic N) is 1. The van der Waals surface area contributed by atoms with E-state index in [1.165, 1.54) is 26.3 Å². The minimum absolute atomic E-state index is 0.237. The van der Waals surface area contributed by atoms with Crippen LogP contribution >= 0.6 is 0 Å². The molecule has 4 heteroatoms. The summed E-state index contributed by atoms with van der Waals surface area (Å²) in [5, 5.41) is 2.73. The second-order valence-electron chi connectivity index (χ2n) is 3.69. The second-order valence-corrected chi connectivity index (χ2v) is 3.69. The average molecular weight is 233 g/mol. The zero-order valence-corrected chi connectivity index (χ0v) is 9.61. The highest BCUT2D eigenvalue weighted by Gasteiger charge is 2.11. The topological polar surface area (TPSA) is 29.5 Å². The molecule has 0 spiro atoms. The predicted octanol–water partition coefficient (Wildman–Crippen LogP) is 2.61. The molecule has 0 saturated carbocycles. The number of halogens is 1. The van der Waals surface area contributed by atoms with Gasteiger partial charge in [-0.3, -0.25) is 9.63 Å². The first-order chi connectivity index (χ1) is 8.11. The molecule has 0 aliphatic heterocycles. The van der Waals surface area contributed by atoms with Crippen LogP contribution in [0.1, 0.15) is 10.4 Å². The van der Waals surface area contributed by atoms with E-state index in [0.29, 0.717) is 5.56 Å². The average Bonchev–Trinajstić information content (AvgIpc) is 2.36. The molecule has 0 saturated heterocycles. The molecule has 2 aromatic rings. The molecule has 2 aromatic carbocycles. The Morgan fingerprint density at radius 1 is 1.18 bits per heavy atom. The van der Waals surface area contributed by atoms with Crippen LogP contribution in [-0.2, 0) is 4.84 Å². The first-order valence-electron chi connectivity index (χ1n) is 5.13. The van der Waals surface area contributed by atoms with Gasteiger partial charge in [-0.15, -0.1) is 0 Å². The van der Waals surface area contributed by atoms with Crippen LogP contribution in [0, 0.1) is 5.82 Å². The van der Waals surface area contributed by atoms with Gasteiger partial charge in [0.2, 0.25) is 0 Å². The Hall–Kier alpha value is -1.94. The molecule has 0 N–H and O–H groups in total. The van der Waals surface area contributed by atoms with Crippen molar-refractivity contribution in [3.63, 3.8) is 0 Å². The predicted molar refractivity (Wildman–Crippen MR) is 63.0 cm³/mol. The fourth-order valence-corrected chi connectivity index (χ4v) is 1.61. The van der Waals surface area contributed by atoms with Gasteiger partial charge in [-0.1, -0.05) is 12.1 Å². The molecule has 0 atom stereocenters. The van der Waals surface area contributed by atoms with Crippen LogP contribution in [0.25, 0.3) is 10.8 Å². The monoisotopic (exact) mass is 233 g/mol. The van der Waals surface area contributed by atoms with E-state index in [-0.39, 0.29) is 11.7 Å². The Balaban J connectivity index is 2.45. The molecule has 1 amide bonds. The molecule has 3 nitrogen and oxygen atoms in total. The number of rotatable bonds is 2. The zero-order chi connectivity index (χ0) is 12.4. The minimum atomic E-state index is -0.286. The summed E-state index contributed by atoms with van der Waals surface area (Å²) in [6.07, 6.45) is 0. The summed E-state index contributed by atoms with van der Waals surface area (Å²) < 4.78 is 13.0. The Kier molecular flexibility index (Phi) is 3.06. The van der Waals surface area contributed by atoms with E-state index < -0.39 is 0 Å². The smallest absolute Gasteiger partial charge is 0.274 e. The van der Waals surface area contributed by atoms with E-state index in [1.807, 2.05) is 0 Å². The van der Waals surface area contributed by atoms with Crippen molar-refractivity contribution in [3.8, 4) is 0 Å². The summed E-state index contributed by atoms with van der Waals surface area (Å²) in [6.45, 7) is 0. The molecular formula is C13H12FNO2. The number of benzene rings is 2. The number of fused-ring (bicyclic) bond motifs is 1. The van der Waals surface area contributed by atoms with Crippen molar-refractivity contribution in [2.24, 2.45) is 0 Å². The molecule has 17 heavy (non-hydrogen) atoms. The van der Waals surface area contributed by atoms with Crippen molar-refractivity contribution in [1.82, 2.24) is 5.06 Å². The van der Waals surface area contributed by atoms with E-state index in [2.05, 4.69) is 0 Å². The van der Waals surface area contributed by atoms with Gasteiger partial charge in [-0.2, -0.15) is 0 Å². The lowest BCUT2D eigenvalue weighted by Crippen LogP contribution is -2.25. The normalized spacial score (nSPS) is 10.5. The molecule has 88 valence electrons. The van der Waals surface area contributed by atoms with Crippen molar-refractivity contribution in [2.75, 3.05) is 14.2 Å². The van der Waals surface area contributed by atoms with Crippen LogP contribution in [0.15, 0.2) is 36.4 Å². The molecule has 0 aliphatic rings. The second kappa shape index (κ2) is 4.51. The van der Waals surface area contributed by atoms with E-state index in [1.54, 1.807) is 24.3 Å². The molecule has 0 aliphatic carbocycles. The SMILES string of the molecule is CON(C)C(=O)c1ccc2cc(F)ccc2c1. The maximum Gasteiger partial charge on any atom is 0.277 e. The Labute approximate surface area is 98.4 Å². The third kappa shape index (κ3) is 2.26. The van der Waals surface area contributed by atoms with Gasteiger partial charge in [-0.05, 0) is 35.0 Å². The molecule has 0 unspecified atom stereocenters. The number of carbonyl (C=O) groups is 1. The largest absolute Gasteiger partial charge is 0.277 e. The van der Waals surface area contributed by atoms with Crippen LogP contribution < -0.4 is 0 Å². The lowest BCUT2D eigenvalue weighted by molar-refractivity contribution is -0.0756. The van der Waals surface area contributed by atoms with E-state index >= 15 is 0 Å². The van der Waals surface area contributed by atoms with Gasteiger partial charge in [0, 0.05) is 12.6 Å². The van der Waals surface area contributed by atoms with Gasteiger partial charge in [0.25, 0.3) is 5.91 Å². The van der Waals surface area contributed by atoms with Crippen LogP contribution in [0.3, 0.4) is 0 Å². The number of amides is 1. The summed E-state index contributed by atoms with van der Waals surface area (Å²) in [6, 6.07) is 9.54. The highest BCUT2D eigenvalue weighted by molar-refractivity contribution is 5.97. The van der Waals surface area contributed by atoms with Gasteiger partial charge in [0.05, 0.1) is 7.11 Å². The number of carbonyl (C=O) groups excluding carboxylic acids is 1. The van der Waals surface area contributed by atoms with Gasteiger partial charge in [0.15, 0.2) is 0 Å². The third-order valence-corrected chi connectivity index (χ3v) is 2.61. The molecule has 0 fully saturated rings. The minimum Gasteiger partial charge on any atom is -0.274 e. The summed E-state index contributed by atoms with van der Waals surface area (Å²) in [5.74, 6) is -0.524. The number of hydrogen-bond acceptors (Lipinski definition) is 2. The highest BCUT2D eigenvalue weighted by Crippen LogP contribution is 2.18. The first kappa shape index (κ1) is 11.5. The van der Waals surface area contributed by atoms with Crippen LogP contribution in [0.2, 0.25) is 0 Å². The quantitative estimate of drug-likeness (QED) is 0.746. The Bertz CT molecular complexity index is 568. The number of hydroxylamine groups is 2. The fraction of sp³-hybridized carbons (Fsp3) is 0.154. The van der Waals surface area contributed by atoms with Crippen molar-refractivity contribution < 1.29 is 14.0 Å². The van der Waals surface area contributed by atoms with Gasteiger partial charge < -0.3 is 0 Å². The van der Waals surface area contributed by atoms with E-state index in [4.69, 9.17) is 4.84 Å². The summed E-state index contributed by atoms with van der Waals surface area (Å²) in [7, 11) is 2.96. The molecule has 0 aromatic heterocycles. The lowest BCUT2D eigenvalue weighted by Gasteiger charge is -2.13. The standard InChI is InChI=1S/C13H12FNO2/c1-15(17-2)13(16)11-4-3-10-8-12(14)6-5-9(10)7-11/h3-8H,1-2H3. The Morgan fingerprint density at radius 3 is 2.53 bits per heavy atom. The summed E-state index contributed by atoms with van der Waals surface area (Å²) >= 11 is 0. The maximum atomic E-state index is 13.0. The molecule has 0 radical (unpaired) electrons. The van der Waals surface area contributed by atoms with E-state index in [0.717, 1.165) is 15.8 Å². The van der Waals surface area contributed by atoms with Crippen LogP contribution in [0.5, 0.6) is 0 Å². The Morgan fingerprint density at radius 2 is 1.82 bits per heavy atom. The van der Waals surface area contributed by atoms with Gasteiger partial charge in [-0.25, -0.2) is 9.45 Å². The van der Waals surface area contributed by atoms with Gasteiger partial charge >= 0.3 is 0 Å². The molecule has 0 heterocycles. The molecule has 2 rings (SSSR count). The summed E-state index contributed by atoms with van der Waals surface area (Å²) in [5.41, 5.74) is 0.508. The molecular weight excluding hydrogens is 221 g/mol. The van der Waals surface area contributed by atoms with Crippen LogP contribution in [0.4, 0.5) is 4.39 Å². The fourth-order valence-electron chi connectivity index (χ4n) is 1.61. The van der Waals surface area contributed by atoms with Crippen molar-refractivity contribution in [3.05, 3.63) is 47.8 Å². The van der Waals surface area contributed by atoms with E-state index in [9.17, 15) is 9.18 Å². The first-order valence-corrected chi connectivity index (χ1v) is 5.13. The lowest BCUT2D eigenvalue weighted by atomic mass is 10.1. The highest BCUT2D eigenvalue weighted by atomic mass is 19.1. The number of hydrogen-bond donors (Lipinski definition) is 0. The van der Waals surface area contributed by atoms with Crippen molar-refractivity contribution >= 4 is 16.7 Å². The molecule has 0 bridgehead atoms. The van der Waals surface area contributed by atoms with Crippen molar-refractivity contribution in [2.45, 2.75) is 0 Å². The maximum absolute atomic E-state index is 13.0. The van der Waals surface area contributed by atoms with Gasteiger partial charge in [0.1, 0.15) is 5.82 Å². The zero-order valence-electron chi connectivity index (χ0n) is 9.61. The van der Waals surface area contributed by atoms with Crippen molar-refractivity contribution in [1.29, 1.82) is 0 Å². The third-order valence-electron chi connectivity index (χ3n) is 2.61. The summed E-state index contributed by atoms with van der Waals surface area (Å²) in [4.78, 5) is 16.6.